The van der Waals surface area contributed by atoms with Crippen molar-refractivity contribution in [2.75, 3.05) is 18.0 Å². The molecular formula is C13H13ClN2. The molecule has 0 spiro atoms. The van der Waals surface area contributed by atoms with Crippen molar-refractivity contribution in [3.8, 4) is 6.07 Å². The zero-order valence-corrected chi connectivity index (χ0v) is 9.74. The smallest absolute Gasteiger partial charge is 0.0992 e. The largest absolute Gasteiger partial charge is 0.363 e. The number of rotatable bonds is 5. The third-order valence-corrected chi connectivity index (χ3v) is 2.42. The van der Waals surface area contributed by atoms with Crippen LogP contribution < -0.4 is 4.90 Å². The summed E-state index contributed by atoms with van der Waals surface area (Å²) in [6, 6.07) is 7.31. The van der Waals surface area contributed by atoms with Crippen LogP contribution in [0.25, 0.3) is 0 Å². The number of nitrogens with zero attached hydrogens (tertiary/aromatic N) is 2. The average molecular weight is 233 g/mol. The van der Waals surface area contributed by atoms with Gasteiger partial charge in [-0.15, -0.1) is 13.2 Å². The fourth-order valence-corrected chi connectivity index (χ4v) is 1.72. The normalized spacial score (nSPS) is 9.25. The molecule has 0 aliphatic rings. The lowest BCUT2D eigenvalue weighted by Crippen LogP contribution is -2.23. The predicted molar refractivity (Wildman–Crippen MR) is 68.8 cm³/mol. The van der Waals surface area contributed by atoms with Crippen LogP contribution in [0.1, 0.15) is 5.56 Å². The minimum Gasteiger partial charge on any atom is -0.363 e. The molecule has 0 fully saturated rings. The van der Waals surface area contributed by atoms with Crippen molar-refractivity contribution in [2.24, 2.45) is 0 Å². The van der Waals surface area contributed by atoms with Gasteiger partial charge in [-0.3, -0.25) is 0 Å². The fraction of sp³-hybridized carbons (Fsp3) is 0.154. The van der Waals surface area contributed by atoms with Gasteiger partial charge >= 0.3 is 0 Å². The summed E-state index contributed by atoms with van der Waals surface area (Å²) in [6.07, 6.45) is 3.61. The van der Waals surface area contributed by atoms with Crippen LogP contribution in [0.15, 0.2) is 43.5 Å². The lowest BCUT2D eigenvalue weighted by atomic mass is 10.2. The Balaban J connectivity index is 3.04. The molecule has 0 heterocycles. The van der Waals surface area contributed by atoms with E-state index in [4.69, 9.17) is 16.9 Å². The Morgan fingerprint density at radius 2 is 1.94 bits per heavy atom. The summed E-state index contributed by atoms with van der Waals surface area (Å²) in [6.45, 7) is 8.78. The molecule has 0 unspecified atom stereocenters. The van der Waals surface area contributed by atoms with Crippen molar-refractivity contribution in [1.82, 2.24) is 0 Å². The van der Waals surface area contributed by atoms with Gasteiger partial charge in [0, 0.05) is 13.1 Å². The van der Waals surface area contributed by atoms with E-state index in [9.17, 15) is 0 Å². The van der Waals surface area contributed by atoms with Crippen molar-refractivity contribution in [3.63, 3.8) is 0 Å². The van der Waals surface area contributed by atoms with Gasteiger partial charge < -0.3 is 4.90 Å². The minimum absolute atomic E-state index is 0.561. The van der Waals surface area contributed by atoms with E-state index in [1.807, 2.05) is 11.0 Å². The molecule has 0 radical (unpaired) electrons. The molecule has 0 saturated heterocycles. The van der Waals surface area contributed by atoms with Crippen molar-refractivity contribution in [1.29, 1.82) is 5.26 Å². The highest BCUT2D eigenvalue weighted by Gasteiger charge is 2.08. The van der Waals surface area contributed by atoms with E-state index in [-0.39, 0.29) is 0 Å². The number of anilines is 1. The van der Waals surface area contributed by atoms with E-state index in [1.165, 1.54) is 0 Å². The van der Waals surface area contributed by atoms with Gasteiger partial charge in [-0.2, -0.15) is 5.26 Å². The van der Waals surface area contributed by atoms with E-state index in [0.29, 0.717) is 23.7 Å². The average Bonchev–Trinajstić information content (AvgIpc) is 2.29. The van der Waals surface area contributed by atoms with Crippen LogP contribution in [-0.4, -0.2) is 13.1 Å². The van der Waals surface area contributed by atoms with Crippen LogP contribution in [-0.2, 0) is 0 Å². The van der Waals surface area contributed by atoms with Crippen molar-refractivity contribution >= 4 is 17.3 Å². The molecule has 0 bridgehead atoms. The molecule has 0 N–H and O–H groups in total. The second-order valence-corrected chi connectivity index (χ2v) is 3.67. The summed E-state index contributed by atoms with van der Waals surface area (Å²) < 4.78 is 0. The zero-order chi connectivity index (χ0) is 12.0. The van der Waals surface area contributed by atoms with E-state index in [0.717, 1.165) is 5.69 Å². The van der Waals surface area contributed by atoms with Crippen molar-refractivity contribution in [3.05, 3.63) is 54.1 Å². The number of nitriles is 1. The van der Waals surface area contributed by atoms with Gasteiger partial charge in [-0.05, 0) is 18.2 Å². The number of halogens is 1. The Kier molecular flexibility index (Phi) is 4.63. The molecule has 0 atom stereocenters. The van der Waals surface area contributed by atoms with Gasteiger partial charge in [0.25, 0.3) is 0 Å². The molecule has 0 aromatic heterocycles. The van der Waals surface area contributed by atoms with Crippen LogP contribution >= 0.6 is 11.6 Å². The summed E-state index contributed by atoms with van der Waals surface area (Å²) in [7, 11) is 0. The molecule has 0 amide bonds. The quantitative estimate of drug-likeness (QED) is 0.728. The van der Waals surface area contributed by atoms with Crippen LogP contribution in [0.4, 0.5) is 5.69 Å². The van der Waals surface area contributed by atoms with Gasteiger partial charge in [0.15, 0.2) is 0 Å². The van der Waals surface area contributed by atoms with Gasteiger partial charge in [-0.1, -0.05) is 23.8 Å². The Hall–Kier alpha value is -1.72. The maximum absolute atomic E-state index is 8.74. The molecule has 2 nitrogen and oxygen atoms in total. The van der Waals surface area contributed by atoms with Crippen LogP contribution in [0.2, 0.25) is 5.02 Å². The summed E-state index contributed by atoms with van der Waals surface area (Å²) in [5, 5.41) is 9.32. The Labute approximate surface area is 101 Å². The number of hydrogen-bond acceptors (Lipinski definition) is 2. The van der Waals surface area contributed by atoms with Gasteiger partial charge in [-0.25, -0.2) is 0 Å². The standard InChI is InChI=1S/C13H13ClN2/c1-3-7-16(8-4-2)13-6-5-11(10-15)9-12(13)14/h3-6,9H,1-2,7-8H2. The molecule has 0 aliphatic heterocycles. The molecule has 1 aromatic rings. The Bertz CT molecular complexity index is 422. The highest BCUT2D eigenvalue weighted by Crippen LogP contribution is 2.26. The molecule has 1 aromatic carbocycles. The van der Waals surface area contributed by atoms with Crippen molar-refractivity contribution < 1.29 is 0 Å². The molecule has 0 aliphatic carbocycles. The third-order valence-electron chi connectivity index (χ3n) is 2.12. The highest BCUT2D eigenvalue weighted by molar-refractivity contribution is 6.33. The molecule has 3 heteroatoms. The minimum atomic E-state index is 0.561. The first-order chi connectivity index (χ1) is 7.72. The molecule has 16 heavy (non-hydrogen) atoms. The SMILES string of the molecule is C=CCN(CC=C)c1ccc(C#N)cc1Cl. The summed E-state index contributed by atoms with van der Waals surface area (Å²) in [5.74, 6) is 0. The first kappa shape index (κ1) is 12.4. The second kappa shape index (κ2) is 5.99. The zero-order valence-electron chi connectivity index (χ0n) is 8.99. The summed E-state index contributed by atoms with van der Waals surface area (Å²) in [4.78, 5) is 2.03. The second-order valence-electron chi connectivity index (χ2n) is 3.26. The van der Waals surface area contributed by atoms with Crippen molar-refractivity contribution in [2.45, 2.75) is 0 Å². The lowest BCUT2D eigenvalue weighted by Gasteiger charge is -2.22. The van der Waals surface area contributed by atoms with E-state index >= 15 is 0 Å². The first-order valence-electron chi connectivity index (χ1n) is 4.89. The van der Waals surface area contributed by atoms with E-state index in [1.54, 1.807) is 24.3 Å². The molecule has 1 rings (SSSR count). The summed E-state index contributed by atoms with van der Waals surface area (Å²) in [5.41, 5.74) is 1.45. The van der Waals surface area contributed by atoms with Crippen LogP contribution in [0.3, 0.4) is 0 Å². The lowest BCUT2D eigenvalue weighted by molar-refractivity contribution is 0.957. The highest BCUT2D eigenvalue weighted by atomic mass is 35.5. The number of benzene rings is 1. The topological polar surface area (TPSA) is 27.0 Å². The van der Waals surface area contributed by atoms with Crippen LogP contribution in [0, 0.1) is 11.3 Å². The number of hydrogen-bond donors (Lipinski definition) is 0. The maximum atomic E-state index is 8.74. The molecular weight excluding hydrogens is 220 g/mol. The summed E-state index contributed by atoms with van der Waals surface area (Å²) >= 11 is 6.11. The van der Waals surface area contributed by atoms with Crippen LogP contribution in [0.5, 0.6) is 0 Å². The Morgan fingerprint density at radius 3 is 2.38 bits per heavy atom. The van der Waals surface area contributed by atoms with E-state index < -0.39 is 0 Å². The maximum Gasteiger partial charge on any atom is 0.0992 e. The Morgan fingerprint density at radius 1 is 1.31 bits per heavy atom. The first-order valence-corrected chi connectivity index (χ1v) is 5.27. The van der Waals surface area contributed by atoms with E-state index in [2.05, 4.69) is 19.2 Å². The third kappa shape index (κ3) is 2.88. The van der Waals surface area contributed by atoms with Gasteiger partial charge in [0.05, 0.1) is 22.3 Å². The predicted octanol–water partition coefficient (Wildman–Crippen LogP) is 3.39. The van der Waals surface area contributed by atoms with Gasteiger partial charge in [0.2, 0.25) is 0 Å². The van der Waals surface area contributed by atoms with Gasteiger partial charge in [0.1, 0.15) is 0 Å². The fourth-order valence-electron chi connectivity index (χ4n) is 1.42. The molecule has 82 valence electrons. The molecule has 0 saturated carbocycles. The monoisotopic (exact) mass is 232 g/mol.